The maximum atomic E-state index is 13.6. The third-order valence-corrected chi connectivity index (χ3v) is 7.89. The molecular weight excluding hydrogens is 460 g/mol. The molecule has 1 aliphatic carbocycles. The third kappa shape index (κ3) is 5.54. The first-order valence-electron chi connectivity index (χ1n) is 13.8. The number of hydrogen-bond donors (Lipinski definition) is 1. The van der Waals surface area contributed by atoms with E-state index in [1.165, 1.54) is 12.0 Å². The molecule has 0 unspecified atom stereocenters. The quantitative estimate of drug-likeness (QED) is 0.393. The van der Waals surface area contributed by atoms with Crippen LogP contribution in [0.3, 0.4) is 0 Å². The molecule has 1 fully saturated rings. The Labute approximate surface area is 220 Å². The number of benzene rings is 2. The van der Waals surface area contributed by atoms with Gasteiger partial charge in [-0.2, -0.15) is 0 Å². The van der Waals surface area contributed by atoms with E-state index in [1.54, 1.807) is 0 Å². The monoisotopic (exact) mass is 498 g/mol. The van der Waals surface area contributed by atoms with Crippen LogP contribution in [-0.2, 0) is 13.1 Å². The number of amides is 2. The molecule has 0 saturated heterocycles. The highest BCUT2D eigenvalue weighted by atomic mass is 16.2. The molecule has 194 valence electrons. The molecule has 2 aliphatic rings. The fourth-order valence-corrected chi connectivity index (χ4v) is 5.82. The SMILES string of the molecule is CC(C)N(CCCNC(=O)c1c2c(nc3ccccc13)C(=O)N(C1CCCCC1)C2)Cc1ccccc1. The smallest absolute Gasteiger partial charge is 0.273 e. The molecule has 1 aliphatic heterocycles. The van der Waals surface area contributed by atoms with Crippen LogP contribution in [0.5, 0.6) is 0 Å². The Kier molecular flexibility index (Phi) is 7.85. The Bertz CT molecular complexity index is 1250. The van der Waals surface area contributed by atoms with Gasteiger partial charge in [0.2, 0.25) is 0 Å². The van der Waals surface area contributed by atoms with Crippen molar-refractivity contribution in [2.75, 3.05) is 13.1 Å². The van der Waals surface area contributed by atoms with Crippen molar-refractivity contribution >= 4 is 22.7 Å². The maximum absolute atomic E-state index is 13.6. The lowest BCUT2D eigenvalue weighted by Gasteiger charge is -2.30. The number of fused-ring (bicyclic) bond motifs is 2. The Hall–Kier alpha value is -3.25. The van der Waals surface area contributed by atoms with Crippen LogP contribution in [0, 0.1) is 0 Å². The topological polar surface area (TPSA) is 65.5 Å². The summed E-state index contributed by atoms with van der Waals surface area (Å²) in [5, 5.41) is 3.99. The second kappa shape index (κ2) is 11.4. The van der Waals surface area contributed by atoms with Crippen LogP contribution in [0.15, 0.2) is 54.6 Å². The molecule has 1 saturated carbocycles. The van der Waals surface area contributed by atoms with E-state index < -0.39 is 0 Å². The van der Waals surface area contributed by atoms with Gasteiger partial charge < -0.3 is 10.2 Å². The fraction of sp³-hybridized carbons (Fsp3) is 0.452. The Balaban J connectivity index is 1.30. The number of rotatable bonds is 9. The molecule has 3 aromatic rings. The van der Waals surface area contributed by atoms with E-state index in [4.69, 9.17) is 4.98 Å². The van der Waals surface area contributed by atoms with Crippen molar-refractivity contribution in [2.45, 2.75) is 77.5 Å². The number of pyridine rings is 1. The number of aromatic nitrogens is 1. The Morgan fingerprint density at radius 3 is 2.54 bits per heavy atom. The predicted octanol–water partition coefficient (Wildman–Crippen LogP) is 5.55. The Morgan fingerprint density at radius 2 is 1.78 bits per heavy atom. The maximum Gasteiger partial charge on any atom is 0.273 e. The van der Waals surface area contributed by atoms with Gasteiger partial charge in [-0.1, -0.05) is 67.8 Å². The van der Waals surface area contributed by atoms with Gasteiger partial charge in [0.05, 0.1) is 11.1 Å². The second-order valence-corrected chi connectivity index (χ2v) is 10.7. The highest BCUT2D eigenvalue weighted by Gasteiger charge is 2.37. The average Bonchev–Trinajstić information content (AvgIpc) is 3.25. The van der Waals surface area contributed by atoms with Gasteiger partial charge in [0.15, 0.2) is 0 Å². The minimum Gasteiger partial charge on any atom is -0.352 e. The summed E-state index contributed by atoms with van der Waals surface area (Å²) < 4.78 is 0. The molecule has 0 spiro atoms. The minimum atomic E-state index is -0.104. The molecule has 2 aromatic carbocycles. The van der Waals surface area contributed by atoms with Crippen molar-refractivity contribution in [1.82, 2.24) is 20.1 Å². The van der Waals surface area contributed by atoms with Crippen LogP contribution in [0.4, 0.5) is 0 Å². The van der Waals surface area contributed by atoms with Gasteiger partial charge in [0, 0.05) is 49.2 Å². The zero-order valence-corrected chi connectivity index (χ0v) is 22.1. The van der Waals surface area contributed by atoms with Gasteiger partial charge in [-0.3, -0.25) is 14.5 Å². The number of carbonyl (C=O) groups excluding carboxylic acids is 2. The first-order chi connectivity index (χ1) is 18.0. The summed E-state index contributed by atoms with van der Waals surface area (Å²) in [5.74, 6) is -0.123. The number of nitrogens with zero attached hydrogens (tertiary/aromatic N) is 3. The summed E-state index contributed by atoms with van der Waals surface area (Å²) in [6, 6.07) is 18.9. The first kappa shape index (κ1) is 25.4. The third-order valence-electron chi connectivity index (χ3n) is 7.89. The van der Waals surface area contributed by atoms with Gasteiger partial charge in [0.25, 0.3) is 11.8 Å². The first-order valence-corrected chi connectivity index (χ1v) is 13.8. The van der Waals surface area contributed by atoms with E-state index in [0.717, 1.165) is 56.1 Å². The van der Waals surface area contributed by atoms with Crippen molar-refractivity contribution in [2.24, 2.45) is 0 Å². The molecule has 2 amide bonds. The second-order valence-electron chi connectivity index (χ2n) is 10.7. The molecule has 0 atom stereocenters. The van der Waals surface area contributed by atoms with Crippen LogP contribution in [0.1, 0.15) is 84.3 Å². The summed E-state index contributed by atoms with van der Waals surface area (Å²) in [7, 11) is 0. The molecule has 5 rings (SSSR count). The molecule has 1 aromatic heterocycles. The van der Waals surface area contributed by atoms with E-state index in [0.29, 0.717) is 35.9 Å². The van der Waals surface area contributed by atoms with Crippen LogP contribution in [-0.4, -0.2) is 51.8 Å². The van der Waals surface area contributed by atoms with Gasteiger partial charge in [-0.25, -0.2) is 4.98 Å². The molecule has 37 heavy (non-hydrogen) atoms. The average molecular weight is 499 g/mol. The molecule has 0 radical (unpaired) electrons. The van der Waals surface area contributed by atoms with Gasteiger partial charge in [0.1, 0.15) is 5.69 Å². The van der Waals surface area contributed by atoms with Crippen molar-refractivity contribution in [3.63, 3.8) is 0 Å². The summed E-state index contributed by atoms with van der Waals surface area (Å²) >= 11 is 0. The number of carbonyl (C=O) groups is 2. The zero-order valence-electron chi connectivity index (χ0n) is 22.1. The van der Waals surface area contributed by atoms with Crippen molar-refractivity contribution in [3.05, 3.63) is 77.0 Å². The minimum absolute atomic E-state index is 0.0183. The molecule has 2 heterocycles. The molecular formula is C31H38N4O2. The van der Waals surface area contributed by atoms with Gasteiger partial charge in [-0.15, -0.1) is 0 Å². The highest BCUT2D eigenvalue weighted by Crippen LogP contribution is 2.34. The van der Waals surface area contributed by atoms with Crippen LogP contribution in [0.25, 0.3) is 10.9 Å². The van der Waals surface area contributed by atoms with E-state index in [2.05, 4.69) is 48.3 Å². The van der Waals surface area contributed by atoms with Crippen LogP contribution >= 0.6 is 0 Å². The van der Waals surface area contributed by atoms with Gasteiger partial charge >= 0.3 is 0 Å². The lowest BCUT2D eigenvalue weighted by atomic mass is 9.94. The largest absolute Gasteiger partial charge is 0.352 e. The fourth-order valence-electron chi connectivity index (χ4n) is 5.82. The Morgan fingerprint density at radius 1 is 1.05 bits per heavy atom. The standard InChI is InChI=1S/C31H38N4O2/c1-22(2)34(20-23-12-5-3-6-13-23)19-11-18-32-30(36)28-25-16-9-10-17-27(25)33-29-26(28)21-35(31(29)37)24-14-7-4-8-15-24/h3,5-6,9-10,12-13,16-17,22,24H,4,7-8,11,14-15,18-21H2,1-2H3,(H,32,36). The highest BCUT2D eigenvalue weighted by molar-refractivity contribution is 6.11. The molecule has 6 nitrogen and oxygen atoms in total. The van der Waals surface area contributed by atoms with Crippen molar-refractivity contribution in [1.29, 1.82) is 0 Å². The summed E-state index contributed by atoms with van der Waals surface area (Å²) in [5.41, 5.74) is 3.88. The van der Waals surface area contributed by atoms with E-state index in [9.17, 15) is 9.59 Å². The number of para-hydroxylation sites is 1. The number of hydrogen-bond acceptors (Lipinski definition) is 4. The van der Waals surface area contributed by atoms with E-state index >= 15 is 0 Å². The summed E-state index contributed by atoms with van der Waals surface area (Å²) in [4.78, 5) is 36.1. The zero-order chi connectivity index (χ0) is 25.8. The summed E-state index contributed by atoms with van der Waals surface area (Å²) in [6.07, 6.45) is 6.48. The van der Waals surface area contributed by atoms with E-state index in [-0.39, 0.29) is 17.9 Å². The lowest BCUT2D eigenvalue weighted by Crippen LogP contribution is -2.37. The normalized spacial score (nSPS) is 16.1. The van der Waals surface area contributed by atoms with E-state index in [1.807, 2.05) is 35.2 Å². The van der Waals surface area contributed by atoms with Gasteiger partial charge in [-0.05, 0) is 44.7 Å². The lowest BCUT2D eigenvalue weighted by molar-refractivity contribution is 0.0655. The molecule has 6 heteroatoms. The number of nitrogens with one attached hydrogen (secondary N) is 1. The van der Waals surface area contributed by atoms with Crippen molar-refractivity contribution in [3.8, 4) is 0 Å². The van der Waals surface area contributed by atoms with Crippen LogP contribution < -0.4 is 5.32 Å². The van der Waals surface area contributed by atoms with Crippen molar-refractivity contribution < 1.29 is 9.59 Å². The molecule has 0 bridgehead atoms. The predicted molar refractivity (Wildman–Crippen MR) is 147 cm³/mol. The molecule has 1 N–H and O–H groups in total. The summed E-state index contributed by atoms with van der Waals surface area (Å²) in [6.45, 7) is 7.29. The van der Waals surface area contributed by atoms with Crippen LogP contribution in [0.2, 0.25) is 0 Å².